The summed E-state index contributed by atoms with van der Waals surface area (Å²) < 4.78 is 5.36. The number of nitrogens with one attached hydrogen (secondary N) is 1. The van der Waals surface area contributed by atoms with E-state index in [1.807, 2.05) is 31.2 Å². The molecule has 0 aromatic heterocycles. The van der Waals surface area contributed by atoms with E-state index in [9.17, 15) is 4.79 Å². The summed E-state index contributed by atoms with van der Waals surface area (Å²) in [4.78, 5) is 11.0. The van der Waals surface area contributed by atoms with E-state index in [1.165, 1.54) is 0 Å². The second kappa shape index (κ2) is 8.98. The van der Waals surface area contributed by atoms with Crippen LogP contribution in [0.2, 0.25) is 0 Å². The van der Waals surface area contributed by atoms with Crippen LogP contribution in [0.25, 0.3) is 0 Å². The lowest BCUT2D eigenvalue weighted by Crippen LogP contribution is -2.30. The van der Waals surface area contributed by atoms with Crippen molar-refractivity contribution in [1.82, 2.24) is 5.32 Å². The van der Waals surface area contributed by atoms with Crippen LogP contribution in [-0.4, -0.2) is 19.1 Å². The van der Waals surface area contributed by atoms with Crippen molar-refractivity contribution in [3.05, 3.63) is 35.4 Å². The molecule has 0 aliphatic heterocycles. The van der Waals surface area contributed by atoms with Crippen molar-refractivity contribution in [1.29, 1.82) is 0 Å². The number of ether oxygens (including phenoxy) is 1. The lowest BCUT2D eigenvalue weighted by Gasteiger charge is -2.10. The van der Waals surface area contributed by atoms with Crippen LogP contribution in [0.4, 0.5) is 0 Å². The minimum absolute atomic E-state index is 0. The van der Waals surface area contributed by atoms with Gasteiger partial charge in [-0.05, 0) is 18.1 Å². The third-order valence-electron chi connectivity index (χ3n) is 2.24. The van der Waals surface area contributed by atoms with Crippen LogP contribution < -0.4 is 11.1 Å². The summed E-state index contributed by atoms with van der Waals surface area (Å²) in [5.41, 5.74) is 7.38. The molecule has 0 unspecified atom stereocenters. The van der Waals surface area contributed by atoms with Gasteiger partial charge in [-0.1, -0.05) is 24.3 Å². The number of carbonyl (C=O) groups excluding carboxylic acids is 1. The minimum atomic E-state index is -0.147. The number of amides is 1. The molecule has 0 heterocycles. The van der Waals surface area contributed by atoms with E-state index in [4.69, 9.17) is 10.5 Å². The summed E-state index contributed by atoms with van der Waals surface area (Å²) >= 11 is 0. The van der Waals surface area contributed by atoms with Crippen molar-refractivity contribution in [2.45, 2.75) is 20.1 Å². The third kappa shape index (κ3) is 5.68. The van der Waals surface area contributed by atoms with Crippen LogP contribution in [0.1, 0.15) is 18.1 Å². The van der Waals surface area contributed by atoms with Gasteiger partial charge in [-0.25, -0.2) is 0 Å². The summed E-state index contributed by atoms with van der Waals surface area (Å²) in [5.74, 6) is -0.147. The van der Waals surface area contributed by atoms with Crippen molar-refractivity contribution < 1.29 is 9.53 Å². The first-order valence-corrected chi connectivity index (χ1v) is 5.39. The quantitative estimate of drug-likeness (QED) is 0.806. The fourth-order valence-electron chi connectivity index (χ4n) is 1.35. The van der Waals surface area contributed by atoms with E-state index in [2.05, 4.69) is 5.32 Å². The summed E-state index contributed by atoms with van der Waals surface area (Å²) in [7, 11) is 0. The molecule has 1 rings (SSSR count). The fourth-order valence-corrected chi connectivity index (χ4v) is 1.35. The second-order valence-corrected chi connectivity index (χ2v) is 3.39. The molecule has 96 valence electrons. The fraction of sp³-hybridized carbons (Fsp3) is 0.417. The van der Waals surface area contributed by atoms with Crippen molar-refractivity contribution in [3.8, 4) is 0 Å². The molecule has 0 radical (unpaired) electrons. The van der Waals surface area contributed by atoms with E-state index in [0.717, 1.165) is 11.1 Å². The maximum Gasteiger partial charge on any atom is 0.234 e. The summed E-state index contributed by atoms with van der Waals surface area (Å²) in [6.45, 7) is 3.74. The molecule has 4 nitrogen and oxygen atoms in total. The topological polar surface area (TPSA) is 64.3 Å². The molecule has 0 atom stereocenters. The molecule has 1 aromatic rings. The highest BCUT2D eigenvalue weighted by atomic mass is 35.5. The van der Waals surface area contributed by atoms with E-state index >= 15 is 0 Å². The zero-order valence-corrected chi connectivity index (χ0v) is 10.8. The minimum Gasteiger partial charge on any atom is -0.377 e. The second-order valence-electron chi connectivity index (χ2n) is 3.39. The van der Waals surface area contributed by atoms with Gasteiger partial charge in [0.05, 0.1) is 13.2 Å². The summed E-state index contributed by atoms with van der Waals surface area (Å²) in [6.07, 6.45) is 0. The molecule has 0 spiro atoms. The third-order valence-corrected chi connectivity index (χ3v) is 2.24. The number of benzene rings is 1. The molecule has 0 bridgehead atoms. The van der Waals surface area contributed by atoms with Crippen molar-refractivity contribution >= 4 is 18.3 Å². The molecule has 5 heteroatoms. The highest BCUT2D eigenvalue weighted by molar-refractivity contribution is 5.85. The van der Waals surface area contributed by atoms with Crippen LogP contribution >= 0.6 is 12.4 Å². The number of halogens is 1. The Labute approximate surface area is 108 Å². The zero-order valence-electron chi connectivity index (χ0n) is 9.94. The van der Waals surface area contributed by atoms with Gasteiger partial charge in [0.15, 0.2) is 0 Å². The first-order valence-electron chi connectivity index (χ1n) is 5.39. The Hall–Kier alpha value is -1.10. The largest absolute Gasteiger partial charge is 0.377 e. The van der Waals surface area contributed by atoms with E-state index in [0.29, 0.717) is 19.8 Å². The number of hydrogen-bond acceptors (Lipinski definition) is 3. The number of rotatable bonds is 6. The van der Waals surface area contributed by atoms with E-state index in [-0.39, 0.29) is 24.9 Å². The van der Waals surface area contributed by atoms with E-state index in [1.54, 1.807) is 0 Å². The maximum absolute atomic E-state index is 11.0. The molecular weight excluding hydrogens is 240 g/mol. The van der Waals surface area contributed by atoms with Crippen LogP contribution in [-0.2, 0) is 22.7 Å². The molecule has 1 amide bonds. The number of hydrogen-bond donors (Lipinski definition) is 2. The average molecular weight is 259 g/mol. The van der Waals surface area contributed by atoms with Gasteiger partial charge in [0.1, 0.15) is 0 Å². The Balaban J connectivity index is 0.00000256. The number of nitrogens with two attached hydrogens (primary N) is 1. The first kappa shape index (κ1) is 15.9. The van der Waals surface area contributed by atoms with Gasteiger partial charge in [0.25, 0.3) is 0 Å². The molecule has 1 aromatic carbocycles. The highest BCUT2D eigenvalue weighted by Crippen LogP contribution is 2.09. The van der Waals surface area contributed by atoms with Gasteiger partial charge in [-0.2, -0.15) is 0 Å². The Kier molecular flexibility index (Phi) is 8.40. The molecule has 17 heavy (non-hydrogen) atoms. The van der Waals surface area contributed by atoms with Gasteiger partial charge in [-0.3, -0.25) is 4.79 Å². The Morgan fingerprint density at radius 1 is 1.35 bits per heavy atom. The van der Waals surface area contributed by atoms with Crippen LogP contribution in [0, 0.1) is 0 Å². The van der Waals surface area contributed by atoms with Crippen LogP contribution in [0.3, 0.4) is 0 Å². The van der Waals surface area contributed by atoms with Gasteiger partial charge in [0, 0.05) is 13.2 Å². The number of carbonyl (C=O) groups is 1. The predicted octanol–water partition coefficient (Wildman–Crippen LogP) is 1.22. The molecule has 0 aliphatic rings. The standard InChI is InChI=1S/C12H18N2O2.ClH/c1-2-16-9-11-6-4-3-5-10(11)8-14-12(15)7-13;/h3-6H,2,7-9,13H2,1H3,(H,14,15);1H. The zero-order chi connectivity index (χ0) is 11.8. The SMILES string of the molecule is CCOCc1ccccc1CNC(=O)CN.Cl. The average Bonchev–Trinajstić information content (AvgIpc) is 2.34. The molecule has 0 saturated heterocycles. The van der Waals surface area contributed by atoms with Crippen molar-refractivity contribution in [2.24, 2.45) is 5.73 Å². The highest BCUT2D eigenvalue weighted by Gasteiger charge is 2.03. The van der Waals surface area contributed by atoms with Crippen molar-refractivity contribution in [3.63, 3.8) is 0 Å². The monoisotopic (exact) mass is 258 g/mol. The van der Waals surface area contributed by atoms with Crippen LogP contribution in [0.15, 0.2) is 24.3 Å². The summed E-state index contributed by atoms with van der Waals surface area (Å²) in [5, 5.41) is 2.75. The Morgan fingerprint density at radius 3 is 2.59 bits per heavy atom. The normalized spacial score (nSPS) is 9.53. The Morgan fingerprint density at radius 2 is 2.00 bits per heavy atom. The lowest BCUT2D eigenvalue weighted by atomic mass is 10.1. The molecule has 0 saturated carbocycles. The summed E-state index contributed by atoms with van der Waals surface area (Å²) in [6, 6.07) is 7.88. The molecule has 3 N–H and O–H groups in total. The van der Waals surface area contributed by atoms with E-state index < -0.39 is 0 Å². The predicted molar refractivity (Wildman–Crippen MR) is 69.9 cm³/mol. The van der Waals surface area contributed by atoms with Crippen LogP contribution in [0.5, 0.6) is 0 Å². The van der Waals surface area contributed by atoms with Gasteiger partial charge in [-0.15, -0.1) is 12.4 Å². The molecule has 0 aliphatic carbocycles. The van der Waals surface area contributed by atoms with Gasteiger partial charge in [0.2, 0.25) is 5.91 Å². The first-order chi connectivity index (χ1) is 7.77. The van der Waals surface area contributed by atoms with Gasteiger partial charge >= 0.3 is 0 Å². The van der Waals surface area contributed by atoms with Gasteiger partial charge < -0.3 is 15.8 Å². The Bertz CT molecular complexity index is 345. The smallest absolute Gasteiger partial charge is 0.234 e. The maximum atomic E-state index is 11.0. The van der Waals surface area contributed by atoms with Crippen molar-refractivity contribution in [2.75, 3.05) is 13.2 Å². The molecule has 0 fully saturated rings. The lowest BCUT2D eigenvalue weighted by molar-refractivity contribution is -0.119. The molecular formula is C12H19ClN2O2.